The fourth-order valence-electron chi connectivity index (χ4n) is 4.25. The molecule has 2 aromatic rings. The minimum atomic E-state index is -4.33. The number of carbonyl (C=O) groups excluding carboxylic acids is 1. The van der Waals surface area contributed by atoms with Gasteiger partial charge < -0.3 is 5.32 Å². The molecule has 0 aliphatic heterocycles. The van der Waals surface area contributed by atoms with Crippen LogP contribution in [-0.4, -0.2) is 36.6 Å². The second kappa shape index (κ2) is 13.3. The molecule has 0 unspecified atom stereocenters. The zero-order valence-electron chi connectivity index (χ0n) is 20.0. The van der Waals surface area contributed by atoms with E-state index in [9.17, 15) is 27.6 Å². The van der Waals surface area contributed by atoms with Gasteiger partial charge in [-0.25, -0.2) is 9.37 Å². The average Bonchev–Trinajstić information content (AvgIpc) is 3.21. The first-order chi connectivity index (χ1) is 17.0. The maximum Gasteiger partial charge on any atom is 0.389 e. The molecule has 0 bridgehead atoms. The number of amides is 1. The Kier molecular flexibility index (Phi) is 10.8. The molecule has 1 saturated carbocycles. The molecule has 1 aliphatic carbocycles. The Bertz CT molecular complexity index is 1130. The van der Waals surface area contributed by atoms with E-state index in [1.807, 2.05) is 6.07 Å². The summed E-state index contributed by atoms with van der Waals surface area (Å²) in [5.41, 5.74) is 0.0135. The summed E-state index contributed by atoms with van der Waals surface area (Å²) in [6.07, 6.45) is -1.08. The number of nitrogens with one attached hydrogen (secondary N) is 1. The molecule has 36 heavy (non-hydrogen) atoms. The van der Waals surface area contributed by atoms with E-state index in [4.69, 9.17) is 8.42 Å². The first kappa shape index (κ1) is 29.2. The summed E-state index contributed by atoms with van der Waals surface area (Å²) in [6, 6.07) is 5.71. The van der Waals surface area contributed by atoms with Crippen molar-refractivity contribution in [3.05, 3.63) is 46.8 Å². The topological polar surface area (TPSA) is 105 Å². The van der Waals surface area contributed by atoms with E-state index in [1.165, 1.54) is 16.7 Å². The predicted molar refractivity (Wildman–Crippen MR) is 124 cm³/mol. The number of rotatable bonds is 7. The molecule has 7 nitrogen and oxygen atoms in total. The van der Waals surface area contributed by atoms with Gasteiger partial charge in [-0.3, -0.25) is 9.36 Å². The predicted octanol–water partition coefficient (Wildman–Crippen LogP) is 4.83. The number of aryl methyl sites for hydroxylation is 2. The number of halogens is 4. The number of aromatic nitrogens is 2. The Morgan fingerprint density at radius 2 is 1.89 bits per heavy atom. The van der Waals surface area contributed by atoms with Crippen molar-refractivity contribution in [2.75, 3.05) is 6.54 Å². The van der Waals surface area contributed by atoms with E-state index in [0.717, 1.165) is 31.7 Å². The molecule has 1 N–H and O–H groups in total. The molecule has 1 amide bonds. The molecule has 0 spiro atoms. The Morgan fingerprint density at radius 3 is 2.42 bits per heavy atom. The van der Waals surface area contributed by atoms with Crippen LogP contribution in [0.3, 0.4) is 0 Å². The van der Waals surface area contributed by atoms with Crippen molar-refractivity contribution < 1.29 is 30.8 Å². The molecule has 1 aromatic carbocycles. The van der Waals surface area contributed by atoms with Crippen LogP contribution in [0, 0.1) is 29.0 Å². The lowest BCUT2D eigenvalue weighted by Crippen LogP contribution is -2.31. The molecule has 196 valence electrons. The van der Waals surface area contributed by atoms with Crippen LogP contribution in [0.4, 0.5) is 17.6 Å². The monoisotopic (exact) mass is 528 g/mol. The first-order valence-corrected chi connectivity index (χ1v) is 12.3. The van der Waals surface area contributed by atoms with Crippen LogP contribution in [0.15, 0.2) is 18.2 Å². The second-order valence-corrected chi connectivity index (χ2v) is 8.97. The molecule has 1 fully saturated rings. The van der Waals surface area contributed by atoms with Crippen LogP contribution < -0.4 is 5.32 Å². The molecule has 1 aromatic heterocycles. The highest BCUT2D eigenvalue weighted by Gasteiger charge is 2.28. The van der Waals surface area contributed by atoms with Crippen LogP contribution in [-0.2, 0) is 24.4 Å². The third-order valence-corrected chi connectivity index (χ3v) is 6.22. The minimum absolute atomic E-state index is 0.0213. The van der Waals surface area contributed by atoms with Crippen LogP contribution in [0.1, 0.15) is 73.5 Å². The van der Waals surface area contributed by atoms with Gasteiger partial charge in [0.1, 0.15) is 17.7 Å². The van der Waals surface area contributed by atoms with Crippen LogP contribution in [0.2, 0.25) is 0 Å². The van der Waals surface area contributed by atoms with Crippen LogP contribution >= 0.6 is 0 Å². The van der Waals surface area contributed by atoms with E-state index in [1.54, 1.807) is 6.92 Å². The van der Waals surface area contributed by atoms with E-state index >= 15 is 0 Å². The third-order valence-electron chi connectivity index (χ3n) is 6.22. The number of carbonyl (C=O) groups is 1. The van der Waals surface area contributed by atoms with E-state index < -0.39 is 35.9 Å². The summed E-state index contributed by atoms with van der Waals surface area (Å²) in [5, 5.41) is 12.6. The number of nitrogens with zero attached hydrogens (tertiary/aromatic N) is 3. The van der Waals surface area contributed by atoms with Gasteiger partial charge in [0.15, 0.2) is 11.4 Å². The van der Waals surface area contributed by atoms with Crippen molar-refractivity contribution in [2.45, 2.75) is 65.0 Å². The summed E-state index contributed by atoms with van der Waals surface area (Å²) < 4.78 is 70.2. The van der Waals surface area contributed by atoms with Crippen LogP contribution in [0.25, 0.3) is 5.69 Å². The Labute approximate surface area is 210 Å². The molecule has 12 heteroatoms. The van der Waals surface area contributed by atoms with Gasteiger partial charge in [-0.1, -0.05) is 32.8 Å². The lowest BCUT2D eigenvalue weighted by atomic mass is 9.83. The molecule has 1 heterocycles. The van der Waals surface area contributed by atoms with Crippen molar-refractivity contribution >= 4 is 17.5 Å². The van der Waals surface area contributed by atoms with Crippen molar-refractivity contribution in [1.82, 2.24) is 14.9 Å². The normalized spacial score (nSPS) is 17.5. The van der Waals surface area contributed by atoms with Gasteiger partial charge in [0.05, 0.1) is 5.69 Å². The van der Waals surface area contributed by atoms with E-state index in [2.05, 4.69) is 17.2 Å². The number of benzene rings is 1. The van der Waals surface area contributed by atoms with Gasteiger partial charge in [-0.2, -0.15) is 26.9 Å². The van der Waals surface area contributed by atoms with E-state index in [0.29, 0.717) is 30.6 Å². The number of imidazole rings is 1. The third kappa shape index (κ3) is 7.98. The van der Waals surface area contributed by atoms with Gasteiger partial charge in [-0.15, -0.1) is 0 Å². The molecule has 3 rings (SSSR count). The summed E-state index contributed by atoms with van der Waals surface area (Å²) in [7, 11) is 0. The first-order valence-electron chi connectivity index (χ1n) is 11.6. The molecule has 1 aliphatic rings. The SMILES string of the molecule is CCc1nc(C(=O)NCC2CCC(C)CC2)c(C#N)n1-c1ccc(CCC(F)(F)F)cc1F.O=S=O. The average molecular weight is 529 g/mol. The molecule has 0 saturated heterocycles. The number of hydrogen-bond acceptors (Lipinski definition) is 5. The maximum absolute atomic E-state index is 14.9. The zero-order valence-corrected chi connectivity index (χ0v) is 20.8. The number of alkyl halides is 3. The Morgan fingerprint density at radius 1 is 1.25 bits per heavy atom. The quantitative estimate of drug-likeness (QED) is 0.519. The molecule has 0 atom stereocenters. The lowest BCUT2D eigenvalue weighted by Gasteiger charge is -2.26. The Hall–Kier alpha value is -3.07. The van der Waals surface area contributed by atoms with Gasteiger partial charge in [-0.05, 0) is 48.8 Å². The summed E-state index contributed by atoms with van der Waals surface area (Å²) in [6.45, 7) is 4.47. The Balaban J connectivity index is 0.00000145. The van der Waals surface area contributed by atoms with E-state index in [-0.39, 0.29) is 29.1 Å². The van der Waals surface area contributed by atoms with Crippen molar-refractivity contribution in [3.63, 3.8) is 0 Å². The van der Waals surface area contributed by atoms with Crippen molar-refractivity contribution in [3.8, 4) is 11.8 Å². The fraction of sp³-hybridized carbons (Fsp3) is 0.542. The number of nitriles is 1. The van der Waals surface area contributed by atoms with Gasteiger partial charge in [0, 0.05) is 19.4 Å². The van der Waals surface area contributed by atoms with Gasteiger partial charge in [0.2, 0.25) is 0 Å². The molecule has 0 radical (unpaired) electrons. The van der Waals surface area contributed by atoms with Crippen molar-refractivity contribution in [2.24, 2.45) is 11.8 Å². The summed E-state index contributed by atoms with van der Waals surface area (Å²) in [5.74, 6) is 0.136. The zero-order chi connectivity index (χ0) is 26.9. The van der Waals surface area contributed by atoms with Crippen LogP contribution in [0.5, 0.6) is 0 Å². The lowest BCUT2D eigenvalue weighted by molar-refractivity contribution is -0.134. The maximum atomic E-state index is 14.9. The van der Waals surface area contributed by atoms with Crippen molar-refractivity contribution in [1.29, 1.82) is 5.26 Å². The minimum Gasteiger partial charge on any atom is -0.350 e. The second-order valence-electron chi connectivity index (χ2n) is 8.83. The van der Waals surface area contributed by atoms with Gasteiger partial charge in [0.25, 0.3) is 5.91 Å². The highest BCUT2D eigenvalue weighted by atomic mass is 32.1. The highest BCUT2D eigenvalue weighted by molar-refractivity contribution is 7.51. The summed E-state index contributed by atoms with van der Waals surface area (Å²) >= 11 is -0.750. The highest BCUT2D eigenvalue weighted by Crippen LogP contribution is 2.28. The fourth-order valence-corrected chi connectivity index (χ4v) is 4.25. The molecular formula is C24H28F4N4O3S. The molecular weight excluding hydrogens is 500 g/mol. The van der Waals surface area contributed by atoms with Gasteiger partial charge >= 0.3 is 17.7 Å². The smallest absolute Gasteiger partial charge is 0.350 e. The summed E-state index contributed by atoms with van der Waals surface area (Å²) in [4.78, 5) is 17.1. The largest absolute Gasteiger partial charge is 0.389 e. The standard InChI is InChI=1S/C24H28F4N4O.O2S/c1-3-21-31-22(23(33)30-14-17-6-4-15(2)5-7-17)20(13-29)32(21)19-9-8-16(12-18(19)25)10-11-24(26,27)28;1-3-2/h8-9,12,15,17H,3-7,10-11,14H2,1-2H3,(H,30,33);. The number of hydrogen-bond donors (Lipinski definition) is 1.